The van der Waals surface area contributed by atoms with Crippen LogP contribution in [0.1, 0.15) is 13.8 Å². The van der Waals surface area contributed by atoms with Gasteiger partial charge in [0.2, 0.25) is 0 Å². The third kappa shape index (κ3) is 2.79. The summed E-state index contributed by atoms with van der Waals surface area (Å²) in [4.78, 5) is 0. The summed E-state index contributed by atoms with van der Waals surface area (Å²) in [6, 6.07) is 0. The summed E-state index contributed by atoms with van der Waals surface area (Å²) in [5.74, 6) is 0. The van der Waals surface area contributed by atoms with Crippen molar-refractivity contribution in [1.29, 1.82) is 0 Å². The van der Waals surface area contributed by atoms with Crippen LogP contribution in [0.3, 0.4) is 0 Å². The maximum absolute atomic E-state index is 5.19. The first-order valence-corrected chi connectivity index (χ1v) is 5.05. The van der Waals surface area contributed by atoms with Crippen LogP contribution in [0, 0.1) is 0 Å². The molecule has 0 N–H and O–H groups in total. The van der Waals surface area contributed by atoms with Crippen molar-refractivity contribution in [3.05, 3.63) is 0 Å². The zero-order valence-corrected chi connectivity index (χ0v) is 8.41. The van der Waals surface area contributed by atoms with Crippen molar-refractivity contribution in [1.82, 2.24) is 4.57 Å². The van der Waals surface area contributed by atoms with Crippen LogP contribution in [-0.4, -0.2) is 41.3 Å². The molecule has 3 nitrogen and oxygen atoms in total. The van der Waals surface area contributed by atoms with Gasteiger partial charge in [0.05, 0.1) is 0 Å². The summed E-state index contributed by atoms with van der Waals surface area (Å²) >= 11 is 0. The minimum absolute atomic E-state index is 1.01. The molecular weight excluding hydrogens is 146 g/mol. The summed E-state index contributed by atoms with van der Waals surface area (Å²) in [6.45, 7) is 6.24. The first-order valence-electron chi connectivity index (χ1n) is 3.59. The summed E-state index contributed by atoms with van der Waals surface area (Å²) in [5, 5.41) is 0. The van der Waals surface area contributed by atoms with Crippen LogP contribution >= 0.6 is 0 Å². The Morgan fingerprint density at radius 2 is 1.50 bits per heavy atom. The Hall–Kier alpha value is 0.0969. The van der Waals surface area contributed by atoms with Crippen LogP contribution < -0.4 is 0 Å². The molecule has 0 aliphatic rings. The van der Waals surface area contributed by atoms with Gasteiger partial charge in [-0.1, -0.05) is 13.8 Å². The lowest BCUT2D eigenvalue weighted by Crippen LogP contribution is -2.42. The quantitative estimate of drug-likeness (QED) is 0.546. The van der Waals surface area contributed by atoms with Crippen LogP contribution in [0.25, 0.3) is 0 Å². The minimum Gasteiger partial charge on any atom is -0.388 e. The molecule has 0 unspecified atom stereocenters. The van der Waals surface area contributed by atoms with E-state index in [9.17, 15) is 0 Å². The van der Waals surface area contributed by atoms with Gasteiger partial charge in [0.25, 0.3) is 0 Å². The fraction of sp³-hybridized carbons (Fsp3) is 1.00. The van der Waals surface area contributed by atoms with Gasteiger partial charge in [-0.25, -0.2) is 0 Å². The molecule has 0 heterocycles. The second-order valence-corrected chi connectivity index (χ2v) is 4.29. The van der Waals surface area contributed by atoms with E-state index in [1.54, 1.807) is 14.2 Å². The summed E-state index contributed by atoms with van der Waals surface area (Å²) in [5.41, 5.74) is 0. The zero-order valence-electron chi connectivity index (χ0n) is 7.26. The third-order valence-electron chi connectivity index (χ3n) is 1.51. The monoisotopic (exact) mass is 163 g/mol. The molecular formula is C6H17NO2Si. The molecule has 0 amide bonds. The molecule has 0 aromatic heterocycles. The molecule has 0 aliphatic heterocycles. The Labute approximate surface area is 64.9 Å². The van der Waals surface area contributed by atoms with Crippen molar-refractivity contribution in [3.63, 3.8) is 0 Å². The van der Waals surface area contributed by atoms with Crippen LogP contribution in [-0.2, 0) is 8.85 Å². The summed E-state index contributed by atoms with van der Waals surface area (Å²) in [6.07, 6.45) is 0. The topological polar surface area (TPSA) is 21.7 Å². The van der Waals surface area contributed by atoms with Gasteiger partial charge in [0.1, 0.15) is 0 Å². The average Bonchev–Trinajstić information content (AvgIpc) is 2.00. The van der Waals surface area contributed by atoms with Gasteiger partial charge >= 0.3 is 9.45 Å². The molecule has 0 saturated heterocycles. The van der Waals surface area contributed by atoms with Crippen molar-refractivity contribution in [2.24, 2.45) is 0 Å². The predicted octanol–water partition coefficient (Wildman–Crippen LogP) is 0.338. The highest BCUT2D eigenvalue weighted by Crippen LogP contribution is 1.94. The van der Waals surface area contributed by atoms with Crippen LogP contribution in [0.5, 0.6) is 0 Å². The van der Waals surface area contributed by atoms with Gasteiger partial charge in [0, 0.05) is 14.2 Å². The van der Waals surface area contributed by atoms with Crippen LogP contribution in [0.15, 0.2) is 0 Å². The van der Waals surface area contributed by atoms with Crippen molar-refractivity contribution in [3.8, 4) is 0 Å². The van der Waals surface area contributed by atoms with Gasteiger partial charge in [0.15, 0.2) is 0 Å². The van der Waals surface area contributed by atoms with Crippen LogP contribution in [0.4, 0.5) is 0 Å². The fourth-order valence-corrected chi connectivity index (χ4v) is 2.30. The molecule has 0 bridgehead atoms. The average molecular weight is 163 g/mol. The molecule has 0 saturated carbocycles. The van der Waals surface area contributed by atoms with E-state index < -0.39 is 9.45 Å². The van der Waals surface area contributed by atoms with E-state index >= 15 is 0 Å². The van der Waals surface area contributed by atoms with Gasteiger partial charge in [-0.3, -0.25) is 4.57 Å². The lowest BCUT2D eigenvalue weighted by Gasteiger charge is -2.23. The predicted molar refractivity (Wildman–Crippen MR) is 44.1 cm³/mol. The highest BCUT2D eigenvalue weighted by Gasteiger charge is 2.16. The zero-order chi connectivity index (χ0) is 7.98. The van der Waals surface area contributed by atoms with E-state index in [4.69, 9.17) is 8.85 Å². The smallest absolute Gasteiger partial charge is 0.388 e. The highest BCUT2D eigenvalue weighted by molar-refractivity contribution is 6.40. The molecule has 4 heteroatoms. The van der Waals surface area contributed by atoms with Gasteiger partial charge in [-0.05, 0) is 13.1 Å². The maximum Gasteiger partial charge on any atom is 0.410 e. The van der Waals surface area contributed by atoms with Crippen molar-refractivity contribution in [2.75, 3.05) is 27.3 Å². The largest absolute Gasteiger partial charge is 0.410 e. The lowest BCUT2D eigenvalue weighted by atomic mass is 10.7. The number of rotatable bonds is 5. The van der Waals surface area contributed by atoms with Crippen molar-refractivity contribution >= 4 is 9.45 Å². The number of hydrogen-bond acceptors (Lipinski definition) is 3. The van der Waals surface area contributed by atoms with Gasteiger partial charge in [-0.15, -0.1) is 0 Å². The Balaban J connectivity index is 3.70. The molecule has 62 valence electrons. The normalized spacial score (nSPS) is 11.4. The molecule has 0 fully saturated rings. The molecule has 0 aromatic rings. The van der Waals surface area contributed by atoms with Crippen molar-refractivity contribution < 1.29 is 8.85 Å². The summed E-state index contributed by atoms with van der Waals surface area (Å²) < 4.78 is 12.6. The Kier molecular flexibility index (Phi) is 5.91. The number of hydrogen-bond donors (Lipinski definition) is 0. The van der Waals surface area contributed by atoms with E-state index in [1.807, 2.05) is 0 Å². The van der Waals surface area contributed by atoms with Gasteiger partial charge < -0.3 is 8.85 Å². The maximum atomic E-state index is 5.19. The third-order valence-corrected chi connectivity index (χ3v) is 3.65. The molecule has 0 aliphatic carbocycles. The van der Waals surface area contributed by atoms with E-state index in [2.05, 4.69) is 18.4 Å². The van der Waals surface area contributed by atoms with Crippen LogP contribution in [0.2, 0.25) is 0 Å². The Morgan fingerprint density at radius 3 is 1.60 bits per heavy atom. The van der Waals surface area contributed by atoms with E-state index in [1.165, 1.54) is 0 Å². The van der Waals surface area contributed by atoms with Gasteiger partial charge in [-0.2, -0.15) is 0 Å². The standard InChI is InChI=1S/C6H17NO2Si/c1-5-7(6-2)10(8-3)9-4/h10H,5-6H2,1-4H3. The van der Waals surface area contributed by atoms with E-state index in [-0.39, 0.29) is 0 Å². The molecule has 0 aromatic carbocycles. The second kappa shape index (κ2) is 5.85. The molecule has 0 radical (unpaired) electrons. The second-order valence-electron chi connectivity index (χ2n) is 2.00. The minimum atomic E-state index is -1.47. The number of nitrogens with zero attached hydrogens (tertiary/aromatic N) is 1. The first-order chi connectivity index (χ1) is 4.79. The Bertz CT molecular complexity index is 64.1. The summed E-state index contributed by atoms with van der Waals surface area (Å²) in [7, 11) is 1.94. The SMILES string of the molecule is CCN(CC)[SiH](OC)OC. The molecule has 10 heavy (non-hydrogen) atoms. The van der Waals surface area contributed by atoms with Crippen molar-refractivity contribution in [2.45, 2.75) is 13.8 Å². The highest BCUT2D eigenvalue weighted by atomic mass is 28.3. The van der Waals surface area contributed by atoms with E-state index in [0.717, 1.165) is 13.1 Å². The Morgan fingerprint density at radius 1 is 1.10 bits per heavy atom. The first kappa shape index (κ1) is 10.1. The fourth-order valence-electron chi connectivity index (χ4n) is 0.916. The molecule has 0 spiro atoms. The molecule has 0 rings (SSSR count). The lowest BCUT2D eigenvalue weighted by molar-refractivity contribution is 0.205. The molecule has 0 atom stereocenters. The van der Waals surface area contributed by atoms with E-state index in [0.29, 0.717) is 0 Å².